The summed E-state index contributed by atoms with van der Waals surface area (Å²) in [6, 6.07) is 16.2. The summed E-state index contributed by atoms with van der Waals surface area (Å²) >= 11 is 0. The molecule has 4 aromatic carbocycles. The second-order valence-electron chi connectivity index (χ2n) is 19.8. The number of ether oxygens (including phenoxy) is 1. The summed E-state index contributed by atoms with van der Waals surface area (Å²) in [6.45, 7) is 25.9. The maximum absolute atomic E-state index is 12.9. The van der Waals surface area contributed by atoms with E-state index < -0.39 is 5.97 Å². The van der Waals surface area contributed by atoms with Crippen molar-refractivity contribution < 1.29 is 30.0 Å². The number of rotatable bonds is 2. The minimum atomic E-state index is -0.437. The normalized spacial score (nSPS) is 14.6. The van der Waals surface area contributed by atoms with Crippen molar-refractivity contribution in [3.8, 4) is 23.0 Å². The third-order valence-electron chi connectivity index (χ3n) is 11.0. The van der Waals surface area contributed by atoms with Gasteiger partial charge in [-0.2, -0.15) is 0 Å². The van der Waals surface area contributed by atoms with Crippen LogP contribution >= 0.6 is 0 Å². The number of benzene rings is 4. The van der Waals surface area contributed by atoms with Gasteiger partial charge < -0.3 is 25.2 Å². The van der Waals surface area contributed by atoms with Gasteiger partial charge in [-0.15, -0.1) is 0 Å². The van der Waals surface area contributed by atoms with Crippen LogP contribution in [-0.4, -0.2) is 44.9 Å². The Morgan fingerprint density at radius 1 is 0.473 bits per heavy atom. The first-order valence-electron chi connectivity index (χ1n) is 19.5. The topological polar surface area (TPSA) is 110 Å². The lowest BCUT2D eigenvalue weighted by Gasteiger charge is -2.28. The van der Waals surface area contributed by atoms with Gasteiger partial charge in [0.2, 0.25) is 0 Å². The molecule has 0 amide bonds. The molecule has 0 saturated heterocycles. The van der Waals surface area contributed by atoms with E-state index in [1.807, 2.05) is 53.4 Å². The average molecular weight is 750 g/mol. The van der Waals surface area contributed by atoms with Gasteiger partial charge in [-0.1, -0.05) is 132 Å². The van der Waals surface area contributed by atoms with E-state index in [1.165, 1.54) is 7.11 Å². The number of carbonyl (C=O) groups excluding carboxylic acids is 1. The number of fused-ring (bicyclic) bond motifs is 8. The molecule has 55 heavy (non-hydrogen) atoms. The molecule has 1 aliphatic heterocycles. The molecule has 0 unspecified atom stereocenters. The Kier molecular flexibility index (Phi) is 11.3. The molecule has 5 rings (SSSR count). The third kappa shape index (κ3) is 9.32. The minimum Gasteiger partial charge on any atom is -0.507 e. The maximum atomic E-state index is 12.9. The number of nitrogens with zero attached hydrogens (tertiary/aromatic N) is 1. The van der Waals surface area contributed by atoms with Crippen LogP contribution in [0.2, 0.25) is 0 Å². The van der Waals surface area contributed by atoms with Crippen molar-refractivity contribution in [2.75, 3.05) is 13.7 Å². The van der Waals surface area contributed by atoms with Crippen LogP contribution in [0.15, 0.2) is 48.5 Å². The largest absolute Gasteiger partial charge is 0.507 e. The number of methoxy groups -OCH3 is 1. The highest BCUT2D eigenvalue weighted by Gasteiger charge is 2.28. The standard InChI is InChI=1S/C48H63NO6/c1-45(2,3)36-17-28-14-29-18-37(46(4,5)6)20-31(42(29)52)16-33-22-39(48(10,11)12)24-35(44(33)54)26-49(27-40(50)55-13)25-34-23-38(47(7,8)9)21-32(43(34)53)15-30(19-36)41(28)51/h17-24,51-54H,14-16,25-27H2,1-13H3. The highest BCUT2D eigenvalue weighted by Crippen LogP contribution is 2.42. The molecule has 0 fully saturated rings. The van der Waals surface area contributed by atoms with Gasteiger partial charge in [-0.3, -0.25) is 9.69 Å². The van der Waals surface area contributed by atoms with Crippen LogP contribution in [0.25, 0.3) is 0 Å². The van der Waals surface area contributed by atoms with E-state index in [0.717, 1.165) is 22.3 Å². The average Bonchev–Trinajstić information content (AvgIpc) is 3.05. The number of esters is 1. The first-order chi connectivity index (χ1) is 25.3. The molecule has 4 aromatic rings. The number of carbonyl (C=O) groups is 1. The van der Waals surface area contributed by atoms with Crippen molar-refractivity contribution in [1.29, 1.82) is 0 Å². The molecular formula is C48H63NO6. The zero-order chi connectivity index (χ0) is 41.0. The molecule has 1 aliphatic rings. The summed E-state index contributed by atoms with van der Waals surface area (Å²) in [7, 11) is 1.36. The number of phenols is 4. The molecule has 1 heterocycles. The predicted molar refractivity (Wildman–Crippen MR) is 222 cm³/mol. The first-order valence-corrected chi connectivity index (χ1v) is 19.5. The highest BCUT2D eigenvalue weighted by molar-refractivity contribution is 5.71. The fourth-order valence-corrected chi connectivity index (χ4v) is 7.33. The fourth-order valence-electron chi connectivity index (χ4n) is 7.33. The van der Waals surface area contributed by atoms with Crippen LogP contribution in [0.5, 0.6) is 23.0 Å². The van der Waals surface area contributed by atoms with Crippen LogP contribution in [0, 0.1) is 0 Å². The summed E-state index contributed by atoms with van der Waals surface area (Å²) in [5.41, 5.74) is 8.36. The molecule has 0 atom stereocenters. The van der Waals surface area contributed by atoms with Crippen molar-refractivity contribution in [3.05, 3.63) is 115 Å². The van der Waals surface area contributed by atoms with Gasteiger partial charge in [0.25, 0.3) is 0 Å². The van der Waals surface area contributed by atoms with Gasteiger partial charge in [0, 0.05) is 43.5 Å². The molecule has 4 N–H and O–H groups in total. The molecular weight excluding hydrogens is 687 g/mol. The van der Waals surface area contributed by atoms with E-state index in [4.69, 9.17) is 4.74 Å². The van der Waals surface area contributed by atoms with Gasteiger partial charge in [0.1, 0.15) is 23.0 Å². The van der Waals surface area contributed by atoms with E-state index in [0.29, 0.717) is 44.5 Å². The molecule has 7 nitrogen and oxygen atoms in total. The summed E-state index contributed by atoms with van der Waals surface area (Å²) in [4.78, 5) is 14.8. The number of hydrogen-bond acceptors (Lipinski definition) is 7. The van der Waals surface area contributed by atoms with Crippen molar-refractivity contribution in [2.45, 2.75) is 137 Å². The van der Waals surface area contributed by atoms with E-state index in [9.17, 15) is 25.2 Å². The van der Waals surface area contributed by atoms with E-state index in [2.05, 4.69) is 83.1 Å². The van der Waals surface area contributed by atoms with Crippen LogP contribution in [0.1, 0.15) is 150 Å². The summed E-state index contributed by atoms with van der Waals surface area (Å²) < 4.78 is 5.14. The number of hydrogen-bond donors (Lipinski definition) is 4. The second-order valence-corrected chi connectivity index (χ2v) is 19.8. The lowest BCUT2D eigenvalue weighted by atomic mass is 9.80. The van der Waals surface area contributed by atoms with Crippen molar-refractivity contribution >= 4 is 5.97 Å². The zero-order valence-electron chi connectivity index (χ0n) is 35.4. The van der Waals surface area contributed by atoms with Crippen LogP contribution < -0.4 is 0 Å². The smallest absolute Gasteiger partial charge is 0.319 e. The summed E-state index contributed by atoms with van der Waals surface area (Å²) in [5.74, 6) is 0.0179. The van der Waals surface area contributed by atoms with Gasteiger partial charge in [0.05, 0.1) is 13.7 Å². The molecule has 7 heteroatoms. The van der Waals surface area contributed by atoms with E-state index >= 15 is 0 Å². The predicted octanol–water partition coefficient (Wildman–Crippen LogP) is 9.96. The first kappa shape index (κ1) is 41.7. The van der Waals surface area contributed by atoms with E-state index in [1.54, 1.807) is 0 Å². The fraction of sp³-hybridized carbons (Fsp3) is 0.479. The Labute approximate surface area is 329 Å². The van der Waals surface area contributed by atoms with Crippen LogP contribution in [-0.2, 0) is 63.5 Å². The molecule has 296 valence electrons. The highest BCUT2D eigenvalue weighted by atomic mass is 16.5. The van der Waals surface area contributed by atoms with Gasteiger partial charge >= 0.3 is 5.97 Å². The van der Waals surface area contributed by atoms with Crippen molar-refractivity contribution in [1.82, 2.24) is 4.90 Å². The SMILES string of the molecule is COC(=O)CN1Cc2cc(C(C)(C)C)cc(c2O)Cc2cc(C(C)(C)C)cc(c2O)Cc2cc(C(C)(C)C)cc(c2O)Cc2cc(C(C)(C)C)cc(c2O)C1. The van der Waals surface area contributed by atoms with Gasteiger partial charge in [0.15, 0.2) is 0 Å². The summed E-state index contributed by atoms with van der Waals surface area (Å²) in [5, 5.41) is 48.3. The Balaban J connectivity index is 1.89. The minimum absolute atomic E-state index is 0.0743. The third-order valence-corrected chi connectivity index (χ3v) is 11.0. The van der Waals surface area contributed by atoms with Crippen LogP contribution in [0.4, 0.5) is 0 Å². The Bertz CT molecular complexity index is 1960. The number of phenolic OH excluding ortho intramolecular Hbond substituents is 4. The lowest BCUT2D eigenvalue weighted by Crippen LogP contribution is -2.30. The van der Waals surface area contributed by atoms with E-state index in [-0.39, 0.29) is 83.6 Å². The molecule has 0 spiro atoms. The molecule has 0 radical (unpaired) electrons. The number of aromatic hydroxyl groups is 4. The molecule has 8 bridgehead atoms. The second kappa shape index (κ2) is 14.9. The van der Waals surface area contributed by atoms with Gasteiger partial charge in [-0.25, -0.2) is 0 Å². The molecule has 0 saturated carbocycles. The Morgan fingerprint density at radius 2 is 0.691 bits per heavy atom. The Hall–Kier alpha value is -4.49. The van der Waals surface area contributed by atoms with Crippen molar-refractivity contribution in [2.24, 2.45) is 0 Å². The lowest BCUT2D eigenvalue weighted by molar-refractivity contribution is -0.142. The zero-order valence-corrected chi connectivity index (χ0v) is 35.4. The van der Waals surface area contributed by atoms with Crippen LogP contribution in [0.3, 0.4) is 0 Å². The Morgan fingerprint density at radius 3 is 0.909 bits per heavy atom. The molecule has 0 aromatic heterocycles. The quantitative estimate of drug-likeness (QED) is 0.151. The molecule has 0 aliphatic carbocycles. The van der Waals surface area contributed by atoms with Crippen molar-refractivity contribution in [3.63, 3.8) is 0 Å². The summed E-state index contributed by atoms with van der Waals surface area (Å²) in [6.07, 6.45) is 0.811. The monoisotopic (exact) mass is 749 g/mol. The van der Waals surface area contributed by atoms with Gasteiger partial charge in [-0.05, 0) is 77.3 Å². The maximum Gasteiger partial charge on any atom is 0.319 e.